The normalized spacial score (nSPS) is 18.6. The third-order valence-corrected chi connectivity index (χ3v) is 6.81. The van der Waals surface area contributed by atoms with E-state index < -0.39 is 0 Å². The minimum absolute atomic E-state index is 0.0707. The number of urea groups is 1. The molecule has 1 aromatic carbocycles. The molecule has 0 saturated carbocycles. The first kappa shape index (κ1) is 22.2. The molecule has 7 heteroatoms. The average molecular weight is 420 g/mol. The Hall–Kier alpha value is -1.44. The summed E-state index contributed by atoms with van der Waals surface area (Å²) in [5.41, 5.74) is 2.43. The number of hydrogen-bond donors (Lipinski definition) is 2. The van der Waals surface area contributed by atoms with Crippen molar-refractivity contribution in [1.82, 2.24) is 20.4 Å². The zero-order valence-corrected chi connectivity index (χ0v) is 18.7. The van der Waals surface area contributed by atoms with E-state index in [1.165, 1.54) is 43.4 Å². The van der Waals surface area contributed by atoms with Gasteiger partial charge >= 0.3 is 6.03 Å². The van der Waals surface area contributed by atoms with Crippen LogP contribution in [0.3, 0.4) is 0 Å². The number of thioether (sulfide) groups is 1. The lowest BCUT2D eigenvalue weighted by molar-refractivity contribution is 0.135. The molecule has 0 radical (unpaired) electrons. The second-order valence-corrected chi connectivity index (χ2v) is 9.08. The van der Waals surface area contributed by atoms with Gasteiger partial charge in [-0.3, -0.25) is 0 Å². The summed E-state index contributed by atoms with van der Waals surface area (Å²) >= 11 is 2.02. The van der Waals surface area contributed by atoms with Crippen LogP contribution in [0.4, 0.5) is 10.5 Å². The number of likely N-dealkylation sites (N-methyl/N-ethyl adjacent to an activating group) is 1. The molecule has 2 heterocycles. The van der Waals surface area contributed by atoms with E-state index in [4.69, 9.17) is 0 Å². The van der Waals surface area contributed by atoms with E-state index in [0.717, 1.165) is 51.1 Å². The molecule has 2 amide bonds. The van der Waals surface area contributed by atoms with E-state index in [1.54, 1.807) is 0 Å². The van der Waals surface area contributed by atoms with Crippen LogP contribution in [0, 0.1) is 0 Å². The smallest absolute Gasteiger partial charge is 0.315 e. The summed E-state index contributed by atoms with van der Waals surface area (Å²) in [6.07, 6.45) is 2.17. The zero-order valence-electron chi connectivity index (χ0n) is 17.9. The fraction of sp³-hybridized carbons (Fsp3) is 0.682. The largest absolute Gasteiger partial charge is 0.370 e. The molecule has 0 aromatic heterocycles. The highest BCUT2D eigenvalue weighted by atomic mass is 32.2. The van der Waals surface area contributed by atoms with Crippen LogP contribution in [-0.4, -0.2) is 86.2 Å². The van der Waals surface area contributed by atoms with Crippen molar-refractivity contribution in [1.29, 1.82) is 0 Å². The Morgan fingerprint density at radius 1 is 0.931 bits per heavy atom. The van der Waals surface area contributed by atoms with Crippen LogP contribution in [0.25, 0.3) is 0 Å². The van der Waals surface area contributed by atoms with Crippen LogP contribution in [0.5, 0.6) is 0 Å². The molecule has 0 aliphatic carbocycles. The molecule has 2 fully saturated rings. The van der Waals surface area contributed by atoms with E-state index in [1.807, 2.05) is 11.8 Å². The molecule has 29 heavy (non-hydrogen) atoms. The van der Waals surface area contributed by atoms with Crippen molar-refractivity contribution in [2.45, 2.75) is 26.3 Å². The van der Waals surface area contributed by atoms with Crippen LogP contribution in [0.1, 0.15) is 25.3 Å². The maximum Gasteiger partial charge on any atom is 0.315 e. The van der Waals surface area contributed by atoms with Gasteiger partial charge in [0.1, 0.15) is 0 Å². The Kier molecular flexibility index (Phi) is 9.44. The predicted octanol–water partition coefficient (Wildman–Crippen LogP) is 2.46. The third kappa shape index (κ3) is 7.72. The Balaban J connectivity index is 1.23. The van der Waals surface area contributed by atoms with Gasteiger partial charge in [0, 0.05) is 69.6 Å². The summed E-state index contributed by atoms with van der Waals surface area (Å²) < 4.78 is 0. The van der Waals surface area contributed by atoms with Crippen molar-refractivity contribution >= 4 is 23.5 Å². The summed E-state index contributed by atoms with van der Waals surface area (Å²) in [7, 11) is 0. The van der Waals surface area contributed by atoms with E-state index in [9.17, 15) is 4.79 Å². The highest BCUT2D eigenvalue weighted by Crippen LogP contribution is 2.19. The number of anilines is 1. The summed E-state index contributed by atoms with van der Waals surface area (Å²) in [6.45, 7) is 12.8. The molecule has 2 aliphatic rings. The number of benzene rings is 1. The number of carbonyl (C=O) groups excluding carboxylic acids is 1. The molecule has 0 unspecified atom stereocenters. The fourth-order valence-electron chi connectivity index (χ4n) is 3.88. The van der Waals surface area contributed by atoms with Gasteiger partial charge in [-0.15, -0.1) is 0 Å². The molecule has 162 valence electrons. The maximum atomic E-state index is 12.0. The molecule has 2 N–H and O–H groups in total. The molecule has 0 spiro atoms. The SMILES string of the molecule is CCN1CCN(CCCCNC(=O)NCc2ccc(N3CCSCC3)cc2)CC1. The highest BCUT2D eigenvalue weighted by molar-refractivity contribution is 7.99. The molecule has 0 bridgehead atoms. The zero-order chi connectivity index (χ0) is 20.3. The first-order valence-corrected chi connectivity index (χ1v) is 12.3. The number of rotatable bonds is 9. The van der Waals surface area contributed by atoms with Crippen molar-refractivity contribution in [2.24, 2.45) is 0 Å². The molecule has 3 rings (SSSR count). The first-order chi connectivity index (χ1) is 14.2. The second kappa shape index (κ2) is 12.3. The number of nitrogens with one attached hydrogen (secondary N) is 2. The topological polar surface area (TPSA) is 50.9 Å². The van der Waals surface area contributed by atoms with Crippen LogP contribution < -0.4 is 15.5 Å². The summed E-state index contributed by atoms with van der Waals surface area (Å²) in [6, 6.07) is 8.51. The predicted molar refractivity (Wildman–Crippen MR) is 124 cm³/mol. The molecule has 6 nitrogen and oxygen atoms in total. The number of amides is 2. The lowest BCUT2D eigenvalue weighted by atomic mass is 10.2. The van der Waals surface area contributed by atoms with E-state index in [0.29, 0.717) is 6.54 Å². The van der Waals surface area contributed by atoms with Gasteiger partial charge in [-0.05, 0) is 43.6 Å². The number of hydrogen-bond acceptors (Lipinski definition) is 5. The van der Waals surface area contributed by atoms with Gasteiger partial charge in [-0.25, -0.2) is 4.79 Å². The van der Waals surface area contributed by atoms with Gasteiger partial charge in [0.25, 0.3) is 0 Å². The van der Waals surface area contributed by atoms with E-state index in [-0.39, 0.29) is 6.03 Å². The maximum absolute atomic E-state index is 12.0. The standard InChI is InChI=1S/C22H37N5OS/c1-2-25-11-13-26(14-12-25)10-4-3-9-23-22(28)24-19-20-5-7-21(8-6-20)27-15-17-29-18-16-27/h5-8H,2-4,9-19H2,1H3,(H2,23,24,28). The van der Waals surface area contributed by atoms with Gasteiger partial charge < -0.3 is 25.3 Å². The van der Waals surface area contributed by atoms with Crippen molar-refractivity contribution in [2.75, 3.05) is 75.3 Å². The van der Waals surface area contributed by atoms with Crippen molar-refractivity contribution in [3.63, 3.8) is 0 Å². The molecule has 1 aromatic rings. The molecule has 0 atom stereocenters. The monoisotopic (exact) mass is 419 g/mol. The molecule has 2 saturated heterocycles. The second-order valence-electron chi connectivity index (χ2n) is 7.86. The van der Waals surface area contributed by atoms with Crippen LogP contribution in [0.15, 0.2) is 24.3 Å². The number of carbonyl (C=O) groups is 1. The molecular weight excluding hydrogens is 382 g/mol. The summed E-state index contributed by atoms with van der Waals surface area (Å²) in [5.74, 6) is 2.41. The van der Waals surface area contributed by atoms with Crippen molar-refractivity contribution in [3.05, 3.63) is 29.8 Å². The number of piperazine rings is 1. The fourth-order valence-corrected chi connectivity index (χ4v) is 4.79. The van der Waals surface area contributed by atoms with Crippen LogP contribution >= 0.6 is 11.8 Å². The lowest BCUT2D eigenvalue weighted by Gasteiger charge is -2.33. The Labute approximate surface area is 180 Å². The van der Waals surface area contributed by atoms with Crippen molar-refractivity contribution < 1.29 is 4.79 Å². The van der Waals surface area contributed by atoms with Crippen LogP contribution in [-0.2, 0) is 6.54 Å². The Morgan fingerprint density at radius 2 is 1.62 bits per heavy atom. The highest BCUT2D eigenvalue weighted by Gasteiger charge is 2.14. The molecule has 2 aliphatic heterocycles. The van der Waals surface area contributed by atoms with E-state index in [2.05, 4.69) is 56.5 Å². The molecular formula is C22H37N5OS. The summed E-state index contributed by atoms with van der Waals surface area (Å²) in [4.78, 5) is 19.5. The number of nitrogens with zero attached hydrogens (tertiary/aromatic N) is 3. The Morgan fingerprint density at radius 3 is 2.31 bits per heavy atom. The first-order valence-electron chi connectivity index (χ1n) is 11.1. The average Bonchev–Trinajstić information content (AvgIpc) is 2.79. The van der Waals surface area contributed by atoms with Crippen LogP contribution in [0.2, 0.25) is 0 Å². The minimum atomic E-state index is -0.0707. The quantitative estimate of drug-likeness (QED) is 0.602. The van der Waals surface area contributed by atoms with Gasteiger partial charge in [0.2, 0.25) is 0 Å². The number of unbranched alkanes of at least 4 members (excludes halogenated alkanes) is 1. The van der Waals surface area contributed by atoms with Gasteiger partial charge in [0.15, 0.2) is 0 Å². The van der Waals surface area contributed by atoms with Gasteiger partial charge in [0.05, 0.1) is 0 Å². The Bertz CT molecular complexity index is 598. The lowest BCUT2D eigenvalue weighted by Crippen LogP contribution is -2.46. The van der Waals surface area contributed by atoms with Gasteiger partial charge in [-0.2, -0.15) is 11.8 Å². The third-order valence-electron chi connectivity index (χ3n) is 5.86. The summed E-state index contributed by atoms with van der Waals surface area (Å²) in [5, 5.41) is 5.95. The van der Waals surface area contributed by atoms with E-state index >= 15 is 0 Å². The van der Waals surface area contributed by atoms with Crippen molar-refractivity contribution in [3.8, 4) is 0 Å². The minimum Gasteiger partial charge on any atom is -0.370 e. The van der Waals surface area contributed by atoms with Gasteiger partial charge in [-0.1, -0.05) is 19.1 Å².